The third-order valence-electron chi connectivity index (χ3n) is 2.89. The fourth-order valence-electron chi connectivity index (χ4n) is 2.17. The molecule has 3 atom stereocenters. The summed E-state index contributed by atoms with van der Waals surface area (Å²) < 4.78 is 5.33. The first-order chi connectivity index (χ1) is 6.61. The van der Waals surface area contributed by atoms with Crippen LogP contribution in [0.25, 0.3) is 0 Å². The lowest BCUT2D eigenvalue weighted by atomic mass is 10.2. The Morgan fingerprint density at radius 1 is 1.50 bits per heavy atom. The first kappa shape index (κ1) is 11.2. The molecule has 1 heterocycles. The van der Waals surface area contributed by atoms with Crippen LogP contribution in [0.4, 0.5) is 0 Å². The molecule has 0 aromatic rings. The predicted molar refractivity (Wildman–Crippen MR) is 56.0 cm³/mol. The molecule has 0 bridgehead atoms. The Morgan fingerprint density at radius 3 is 2.57 bits per heavy atom. The van der Waals surface area contributed by atoms with Gasteiger partial charge in [0.05, 0.1) is 12.1 Å². The van der Waals surface area contributed by atoms with E-state index in [1.165, 1.54) is 0 Å². The molecule has 1 saturated heterocycles. The number of allylic oxidation sites excluding steroid dienone is 1. The normalized spacial score (nSPS) is 32.9. The number of hydrogen-bond acceptors (Lipinski definition) is 2. The van der Waals surface area contributed by atoms with Gasteiger partial charge in [0.25, 0.3) is 0 Å². The number of nitrogens with zero attached hydrogens (tertiary/aromatic N) is 1. The lowest BCUT2D eigenvalue weighted by molar-refractivity contribution is -0.129. The molecule has 14 heavy (non-hydrogen) atoms. The second-order valence-corrected chi connectivity index (χ2v) is 3.84. The first-order valence-corrected chi connectivity index (χ1v) is 5.09. The molecule has 1 fully saturated rings. The first-order valence-electron chi connectivity index (χ1n) is 5.09. The highest BCUT2D eigenvalue weighted by Gasteiger charge is 2.38. The van der Waals surface area contributed by atoms with Crippen LogP contribution >= 0.6 is 0 Å². The number of methoxy groups -OCH3 is 1. The monoisotopic (exact) mass is 197 g/mol. The Bertz CT molecular complexity index is 237. The summed E-state index contributed by atoms with van der Waals surface area (Å²) in [5.74, 6) is 0.0899. The molecule has 1 aliphatic rings. The highest BCUT2D eigenvalue weighted by molar-refractivity contribution is 5.88. The zero-order valence-corrected chi connectivity index (χ0v) is 9.36. The number of carbonyl (C=O) groups excluding carboxylic acids is 1. The van der Waals surface area contributed by atoms with Crippen LogP contribution in [0, 0.1) is 0 Å². The Kier molecular flexibility index (Phi) is 3.69. The molecular formula is C11H19NO2. The molecular weight excluding hydrogens is 178 g/mol. The van der Waals surface area contributed by atoms with E-state index in [1.54, 1.807) is 19.3 Å². The van der Waals surface area contributed by atoms with Gasteiger partial charge >= 0.3 is 0 Å². The third-order valence-corrected chi connectivity index (χ3v) is 2.89. The van der Waals surface area contributed by atoms with Crippen molar-refractivity contribution in [3.8, 4) is 0 Å². The van der Waals surface area contributed by atoms with Crippen molar-refractivity contribution >= 4 is 5.91 Å². The van der Waals surface area contributed by atoms with E-state index in [9.17, 15) is 4.79 Å². The van der Waals surface area contributed by atoms with Crippen molar-refractivity contribution in [3.63, 3.8) is 0 Å². The fourth-order valence-corrected chi connectivity index (χ4v) is 2.17. The summed E-state index contributed by atoms with van der Waals surface area (Å²) in [4.78, 5) is 13.6. The molecule has 0 radical (unpaired) electrons. The Morgan fingerprint density at radius 2 is 2.14 bits per heavy atom. The van der Waals surface area contributed by atoms with Gasteiger partial charge in [-0.2, -0.15) is 0 Å². The van der Waals surface area contributed by atoms with Gasteiger partial charge in [-0.25, -0.2) is 0 Å². The van der Waals surface area contributed by atoms with E-state index in [0.717, 1.165) is 6.42 Å². The Labute approximate surface area is 85.7 Å². The molecule has 1 amide bonds. The summed E-state index contributed by atoms with van der Waals surface area (Å²) in [6, 6.07) is 0.456. The molecule has 0 N–H and O–H groups in total. The molecule has 3 unspecified atom stereocenters. The van der Waals surface area contributed by atoms with Crippen molar-refractivity contribution in [1.29, 1.82) is 0 Å². The average Bonchev–Trinajstić information content (AvgIpc) is 2.41. The molecule has 3 heteroatoms. The van der Waals surface area contributed by atoms with Crippen molar-refractivity contribution < 1.29 is 9.53 Å². The smallest absolute Gasteiger partial charge is 0.246 e. The number of amides is 1. The van der Waals surface area contributed by atoms with Gasteiger partial charge in [-0.05, 0) is 33.3 Å². The van der Waals surface area contributed by atoms with Crippen LogP contribution in [0.1, 0.15) is 27.2 Å². The number of carbonyl (C=O) groups is 1. The molecule has 0 aromatic carbocycles. The van der Waals surface area contributed by atoms with Crippen molar-refractivity contribution in [3.05, 3.63) is 12.2 Å². The van der Waals surface area contributed by atoms with E-state index < -0.39 is 0 Å². The summed E-state index contributed by atoms with van der Waals surface area (Å²) in [5.41, 5.74) is 0. The van der Waals surface area contributed by atoms with E-state index in [0.29, 0.717) is 0 Å². The van der Waals surface area contributed by atoms with Crippen LogP contribution in [0.3, 0.4) is 0 Å². The summed E-state index contributed by atoms with van der Waals surface area (Å²) in [6.45, 7) is 5.97. The summed E-state index contributed by atoms with van der Waals surface area (Å²) in [7, 11) is 1.71. The van der Waals surface area contributed by atoms with Crippen LogP contribution in [-0.2, 0) is 9.53 Å². The van der Waals surface area contributed by atoms with E-state index in [1.807, 2.05) is 18.7 Å². The SMILES string of the molecule is C/C=C/C(=O)N1C(C)CC(OC)C1C. The largest absolute Gasteiger partial charge is 0.379 e. The molecule has 1 aliphatic heterocycles. The maximum absolute atomic E-state index is 11.7. The lowest BCUT2D eigenvalue weighted by Crippen LogP contribution is -2.40. The zero-order chi connectivity index (χ0) is 10.7. The van der Waals surface area contributed by atoms with Crippen molar-refractivity contribution in [2.45, 2.75) is 45.4 Å². The molecule has 0 spiro atoms. The number of likely N-dealkylation sites (tertiary alicyclic amines) is 1. The maximum atomic E-state index is 11.7. The molecule has 0 aromatic heterocycles. The van der Waals surface area contributed by atoms with Gasteiger partial charge in [0.15, 0.2) is 0 Å². The van der Waals surface area contributed by atoms with Crippen LogP contribution in [0.2, 0.25) is 0 Å². The highest BCUT2D eigenvalue weighted by atomic mass is 16.5. The van der Waals surface area contributed by atoms with E-state index >= 15 is 0 Å². The fraction of sp³-hybridized carbons (Fsp3) is 0.727. The summed E-state index contributed by atoms with van der Waals surface area (Å²) in [5, 5.41) is 0. The van der Waals surface area contributed by atoms with Gasteiger partial charge in [-0.1, -0.05) is 6.08 Å². The minimum Gasteiger partial charge on any atom is -0.379 e. The quantitative estimate of drug-likeness (QED) is 0.629. The van der Waals surface area contributed by atoms with Gasteiger partial charge in [-0.3, -0.25) is 4.79 Å². The third kappa shape index (κ3) is 1.98. The highest BCUT2D eigenvalue weighted by Crippen LogP contribution is 2.26. The van der Waals surface area contributed by atoms with E-state index in [4.69, 9.17) is 4.74 Å². The van der Waals surface area contributed by atoms with Gasteiger partial charge in [0, 0.05) is 13.2 Å². The summed E-state index contributed by atoms with van der Waals surface area (Å²) in [6.07, 6.45) is 4.51. The molecule has 1 rings (SSSR count). The van der Waals surface area contributed by atoms with Crippen LogP contribution < -0.4 is 0 Å². The standard InChI is InChI=1S/C11H19NO2/c1-5-6-11(13)12-8(2)7-10(14-4)9(12)3/h5-6,8-10H,7H2,1-4H3/b6-5+. The zero-order valence-electron chi connectivity index (χ0n) is 9.36. The predicted octanol–water partition coefficient (Wildman–Crippen LogP) is 1.59. The van der Waals surface area contributed by atoms with Gasteiger partial charge in [-0.15, -0.1) is 0 Å². The Hall–Kier alpha value is -0.830. The minimum absolute atomic E-state index is 0.0899. The second kappa shape index (κ2) is 4.60. The minimum atomic E-state index is 0.0899. The summed E-state index contributed by atoms with van der Waals surface area (Å²) >= 11 is 0. The maximum Gasteiger partial charge on any atom is 0.246 e. The van der Waals surface area contributed by atoms with E-state index in [2.05, 4.69) is 6.92 Å². The lowest BCUT2D eigenvalue weighted by Gasteiger charge is -2.25. The topological polar surface area (TPSA) is 29.5 Å². The molecule has 0 aliphatic carbocycles. The van der Waals surface area contributed by atoms with Crippen molar-refractivity contribution in [2.75, 3.05) is 7.11 Å². The number of rotatable bonds is 2. The molecule has 0 saturated carbocycles. The van der Waals surface area contributed by atoms with Gasteiger partial charge < -0.3 is 9.64 Å². The van der Waals surface area contributed by atoms with Crippen LogP contribution in [0.15, 0.2) is 12.2 Å². The van der Waals surface area contributed by atoms with Crippen molar-refractivity contribution in [1.82, 2.24) is 4.90 Å². The van der Waals surface area contributed by atoms with Crippen LogP contribution in [-0.4, -0.2) is 36.1 Å². The number of ether oxygens (including phenoxy) is 1. The average molecular weight is 197 g/mol. The Balaban J connectivity index is 2.74. The van der Waals surface area contributed by atoms with Crippen molar-refractivity contribution in [2.24, 2.45) is 0 Å². The van der Waals surface area contributed by atoms with Gasteiger partial charge in [0.1, 0.15) is 0 Å². The number of hydrogen-bond donors (Lipinski definition) is 0. The van der Waals surface area contributed by atoms with Crippen LogP contribution in [0.5, 0.6) is 0 Å². The molecule has 3 nitrogen and oxygen atoms in total. The van der Waals surface area contributed by atoms with E-state index in [-0.39, 0.29) is 24.1 Å². The molecule has 80 valence electrons. The van der Waals surface area contributed by atoms with Gasteiger partial charge in [0.2, 0.25) is 5.91 Å². The second-order valence-electron chi connectivity index (χ2n) is 3.84.